The second kappa shape index (κ2) is 10.1. The van der Waals surface area contributed by atoms with E-state index in [1.807, 2.05) is 18.3 Å². The lowest BCUT2D eigenvalue weighted by Crippen LogP contribution is -2.37. The number of piperidine rings is 1. The Kier molecular flexibility index (Phi) is 6.95. The molecule has 7 heteroatoms. The second-order valence-electron chi connectivity index (χ2n) is 8.73. The number of halogens is 1. The number of nitrogens with zero attached hydrogens (tertiary/aromatic N) is 2. The largest absolute Gasteiger partial charge is 0.453 e. The second-order valence-corrected chi connectivity index (χ2v) is 8.73. The Morgan fingerprint density at radius 2 is 2.06 bits per heavy atom. The molecule has 0 aliphatic carbocycles. The molecule has 0 spiro atoms. The van der Waals surface area contributed by atoms with Crippen molar-refractivity contribution in [2.75, 3.05) is 25.0 Å². The summed E-state index contributed by atoms with van der Waals surface area (Å²) in [6.07, 6.45) is 6.99. The smallest absolute Gasteiger partial charge is 0.167 e. The summed E-state index contributed by atoms with van der Waals surface area (Å²) < 4.78 is 20.9. The molecule has 0 bridgehead atoms. The van der Waals surface area contributed by atoms with Crippen LogP contribution in [0.5, 0.6) is 11.5 Å². The molecule has 0 aromatic heterocycles. The van der Waals surface area contributed by atoms with Crippen LogP contribution >= 0.6 is 0 Å². The van der Waals surface area contributed by atoms with Crippen LogP contribution in [0, 0.1) is 22.6 Å². The summed E-state index contributed by atoms with van der Waals surface area (Å²) in [5.41, 5.74) is 3.73. The third-order valence-corrected chi connectivity index (χ3v) is 6.64. The SMILES string of the molecule is CC1CCc2c(ccc(/C(C=N)=C/NC3CCNCC3)c2Oc2ccc(C#N)cc2F)N1C. The van der Waals surface area contributed by atoms with Gasteiger partial charge >= 0.3 is 0 Å². The first-order valence-corrected chi connectivity index (χ1v) is 11.5. The Balaban J connectivity index is 1.76. The van der Waals surface area contributed by atoms with Gasteiger partial charge in [-0.15, -0.1) is 0 Å². The van der Waals surface area contributed by atoms with Gasteiger partial charge in [-0.3, -0.25) is 0 Å². The molecule has 0 saturated carbocycles. The summed E-state index contributed by atoms with van der Waals surface area (Å²) in [4.78, 5) is 2.21. The third-order valence-electron chi connectivity index (χ3n) is 6.64. The van der Waals surface area contributed by atoms with Crippen molar-refractivity contribution >= 4 is 17.5 Å². The number of rotatable bonds is 6. The summed E-state index contributed by atoms with van der Waals surface area (Å²) in [6.45, 7) is 4.13. The maximum Gasteiger partial charge on any atom is 0.167 e. The van der Waals surface area contributed by atoms with Gasteiger partial charge in [0.25, 0.3) is 0 Å². The predicted octanol–water partition coefficient (Wildman–Crippen LogP) is 4.59. The Bertz CT molecular complexity index is 1100. The fourth-order valence-corrected chi connectivity index (χ4v) is 4.47. The van der Waals surface area contributed by atoms with Crippen LogP contribution < -0.4 is 20.3 Å². The lowest BCUT2D eigenvalue weighted by molar-refractivity contribution is 0.420. The molecule has 2 aromatic carbocycles. The lowest BCUT2D eigenvalue weighted by Gasteiger charge is -2.35. The first kappa shape index (κ1) is 22.8. The average Bonchev–Trinajstić information content (AvgIpc) is 2.84. The molecule has 2 aromatic rings. The van der Waals surface area contributed by atoms with Crippen molar-refractivity contribution in [3.8, 4) is 17.6 Å². The average molecular weight is 448 g/mol. The first-order chi connectivity index (χ1) is 16.0. The summed E-state index contributed by atoms with van der Waals surface area (Å²) >= 11 is 0. The van der Waals surface area contributed by atoms with Gasteiger partial charge < -0.3 is 25.7 Å². The minimum atomic E-state index is -0.580. The number of ether oxygens (including phenoxy) is 1. The molecule has 6 nitrogen and oxygen atoms in total. The minimum Gasteiger partial charge on any atom is -0.453 e. The zero-order chi connectivity index (χ0) is 23.4. The van der Waals surface area contributed by atoms with Crippen LogP contribution in [0.25, 0.3) is 5.57 Å². The van der Waals surface area contributed by atoms with Crippen molar-refractivity contribution in [2.45, 2.75) is 44.7 Å². The maximum absolute atomic E-state index is 14.7. The van der Waals surface area contributed by atoms with Crippen LogP contribution in [0.4, 0.5) is 10.1 Å². The van der Waals surface area contributed by atoms with Crippen molar-refractivity contribution in [3.05, 3.63) is 59.0 Å². The molecule has 2 aliphatic rings. The number of anilines is 1. The van der Waals surface area contributed by atoms with E-state index in [4.69, 9.17) is 15.4 Å². The van der Waals surface area contributed by atoms with Gasteiger partial charge in [0.1, 0.15) is 5.75 Å². The van der Waals surface area contributed by atoms with E-state index in [1.165, 1.54) is 18.3 Å². The zero-order valence-electron chi connectivity index (χ0n) is 19.1. The summed E-state index contributed by atoms with van der Waals surface area (Å²) in [7, 11) is 2.06. The van der Waals surface area contributed by atoms with E-state index in [2.05, 4.69) is 35.6 Å². The van der Waals surface area contributed by atoms with Crippen molar-refractivity contribution in [2.24, 2.45) is 0 Å². The van der Waals surface area contributed by atoms with E-state index in [-0.39, 0.29) is 11.3 Å². The molecule has 4 rings (SSSR count). The quantitative estimate of drug-likeness (QED) is 0.564. The first-order valence-electron chi connectivity index (χ1n) is 11.5. The number of hydrogen-bond acceptors (Lipinski definition) is 6. The Hall–Kier alpha value is -3.37. The van der Waals surface area contributed by atoms with Crippen molar-refractivity contribution in [1.82, 2.24) is 10.6 Å². The van der Waals surface area contributed by atoms with Gasteiger partial charge in [-0.25, -0.2) is 4.39 Å². The van der Waals surface area contributed by atoms with Crippen LogP contribution in [-0.2, 0) is 6.42 Å². The van der Waals surface area contributed by atoms with Gasteiger partial charge in [-0.1, -0.05) is 0 Å². The molecule has 1 unspecified atom stereocenters. The Morgan fingerprint density at radius 1 is 1.27 bits per heavy atom. The zero-order valence-corrected chi connectivity index (χ0v) is 19.1. The lowest BCUT2D eigenvalue weighted by atomic mass is 9.92. The molecule has 172 valence electrons. The van der Waals surface area contributed by atoms with Crippen LogP contribution in [0.2, 0.25) is 0 Å². The highest BCUT2D eigenvalue weighted by Crippen LogP contribution is 2.42. The van der Waals surface area contributed by atoms with Gasteiger partial charge in [0, 0.05) is 53.9 Å². The summed E-state index contributed by atoms with van der Waals surface area (Å²) in [6, 6.07) is 10.9. The van der Waals surface area contributed by atoms with Crippen LogP contribution in [0.1, 0.15) is 42.9 Å². The molecule has 2 aliphatic heterocycles. The van der Waals surface area contributed by atoms with Gasteiger partial charge in [0.2, 0.25) is 0 Å². The monoisotopic (exact) mass is 447 g/mol. The predicted molar refractivity (Wildman–Crippen MR) is 130 cm³/mol. The molecule has 2 heterocycles. The normalized spacial score (nSPS) is 18.9. The number of nitriles is 1. The van der Waals surface area contributed by atoms with Gasteiger partial charge in [0.05, 0.1) is 11.6 Å². The van der Waals surface area contributed by atoms with Crippen molar-refractivity contribution in [3.63, 3.8) is 0 Å². The third kappa shape index (κ3) is 4.86. The molecular formula is C26H30FN5O. The molecule has 3 N–H and O–H groups in total. The van der Waals surface area contributed by atoms with Crippen LogP contribution in [0.15, 0.2) is 36.5 Å². The number of hydrogen-bond donors (Lipinski definition) is 3. The van der Waals surface area contributed by atoms with E-state index >= 15 is 0 Å². The topological polar surface area (TPSA) is 84.2 Å². The maximum atomic E-state index is 14.7. The highest BCUT2D eigenvalue weighted by Gasteiger charge is 2.26. The standard InChI is InChI=1S/C26H30FN5O/c1-17-3-5-22-24(32(17)2)7-6-21(19(15-29)16-31-20-9-11-30-12-10-20)26(22)33-25-8-4-18(14-28)13-23(25)27/h4,6-8,13,15-17,20,29-31H,3,5,9-12H2,1-2H3/b19-16+,29-15?. The van der Waals surface area contributed by atoms with E-state index in [0.717, 1.165) is 55.6 Å². The fourth-order valence-electron chi connectivity index (χ4n) is 4.47. The number of allylic oxidation sites excluding steroid dienone is 1. The summed E-state index contributed by atoms with van der Waals surface area (Å²) in [5, 5.41) is 23.9. The fraction of sp³-hybridized carbons (Fsp3) is 0.385. The van der Waals surface area contributed by atoms with E-state index in [0.29, 0.717) is 23.4 Å². The molecule has 0 amide bonds. The highest BCUT2D eigenvalue weighted by molar-refractivity contribution is 6.09. The molecule has 1 atom stereocenters. The highest BCUT2D eigenvalue weighted by atomic mass is 19.1. The molecule has 1 saturated heterocycles. The number of nitrogens with one attached hydrogen (secondary N) is 3. The number of fused-ring (bicyclic) bond motifs is 1. The van der Waals surface area contributed by atoms with Crippen LogP contribution in [-0.4, -0.2) is 38.4 Å². The van der Waals surface area contributed by atoms with Crippen molar-refractivity contribution < 1.29 is 9.13 Å². The molecular weight excluding hydrogens is 417 g/mol. The van der Waals surface area contributed by atoms with Gasteiger partial charge in [-0.05, 0) is 76.0 Å². The number of benzene rings is 2. The van der Waals surface area contributed by atoms with E-state index in [9.17, 15) is 4.39 Å². The van der Waals surface area contributed by atoms with Gasteiger partial charge in [0.15, 0.2) is 11.6 Å². The van der Waals surface area contributed by atoms with Crippen molar-refractivity contribution in [1.29, 1.82) is 10.7 Å². The molecule has 33 heavy (non-hydrogen) atoms. The molecule has 0 radical (unpaired) electrons. The Labute approximate surface area is 194 Å². The minimum absolute atomic E-state index is 0.0700. The van der Waals surface area contributed by atoms with Gasteiger partial charge in [-0.2, -0.15) is 5.26 Å². The Morgan fingerprint density at radius 3 is 2.76 bits per heavy atom. The van der Waals surface area contributed by atoms with Crippen LogP contribution in [0.3, 0.4) is 0 Å². The summed E-state index contributed by atoms with van der Waals surface area (Å²) in [5.74, 6) is 0.0561. The van der Waals surface area contributed by atoms with E-state index < -0.39 is 5.82 Å². The van der Waals surface area contributed by atoms with E-state index in [1.54, 1.807) is 6.07 Å². The molecule has 1 fully saturated rings.